The van der Waals surface area contributed by atoms with E-state index in [9.17, 15) is 4.79 Å². The van der Waals surface area contributed by atoms with Crippen LogP contribution in [0.15, 0.2) is 0 Å². The maximum absolute atomic E-state index is 10.5. The Labute approximate surface area is 47.5 Å². The Morgan fingerprint density at radius 1 is 1.86 bits per heavy atom. The summed E-state index contributed by atoms with van der Waals surface area (Å²) in [7, 11) is 0. The fourth-order valence-electron chi connectivity index (χ4n) is 0.312. The quantitative estimate of drug-likeness (QED) is 0.477. The van der Waals surface area contributed by atoms with Gasteiger partial charge in [-0.3, -0.25) is 4.79 Å². The molecule has 0 aromatic carbocycles. The van der Waals surface area contributed by atoms with Crippen LogP contribution in [0.5, 0.6) is 0 Å². The van der Waals surface area contributed by atoms with Gasteiger partial charge in [0.2, 0.25) is 0 Å². The third kappa shape index (κ3) is 0.801. The third-order valence-electron chi connectivity index (χ3n) is 1.32. The van der Waals surface area contributed by atoms with E-state index in [-0.39, 0.29) is 4.75 Å². The molecule has 0 aliphatic carbocycles. The summed E-state index contributed by atoms with van der Waals surface area (Å²) >= 11 is 1.73. The maximum atomic E-state index is 10.5. The third-order valence-corrected chi connectivity index (χ3v) is 2.76. The molecule has 0 aromatic heterocycles. The first kappa shape index (κ1) is 5.16. The molecule has 0 saturated carbocycles. The average molecular weight is 116 g/mol. The molecule has 0 amide bonds. The van der Waals surface area contributed by atoms with Gasteiger partial charge in [0, 0.05) is 5.75 Å². The summed E-state index contributed by atoms with van der Waals surface area (Å²) in [6, 6.07) is 0. The number of thioether (sulfide) groups is 1. The SMILES string of the molecule is CC(=O)C1(C)CS1. The van der Waals surface area contributed by atoms with Crippen molar-refractivity contribution in [3.8, 4) is 0 Å². The summed E-state index contributed by atoms with van der Waals surface area (Å²) in [6.45, 7) is 3.64. The maximum Gasteiger partial charge on any atom is 0.146 e. The molecule has 1 aliphatic rings. The summed E-state index contributed by atoms with van der Waals surface area (Å²) < 4.78 is 0.0278. The molecule has 1 unspecified atom stereocenters. The van der Waals surface area contributed by atoms with Crippen molar-refractivity contribution < 1.29 is 4.79 Å². The molecular weight excluding hydrogens is 108 g/mol. The summed E-state index contributed by atoms with van der Waals surface area (Å²) in [5.74, 6) is 1.35. The first-order valence-electron chi connectivity index (χ1n) is 2.30. The van der Waals surface area contributed by atoms with Gasteiger partial charge in [-0.2, -0.15) is 0 Å². The highest BCUT2D eigenvalue weighted by Gasteiger charge is 2.43. The van der Waals surface area contributed by atoms with E-state index in [0.29, 0.717) is 5.78 Å². The number of carbonyl (C=O) groups is 1. The molecular formula is C5H8OS. The standard InChI is InChI=1S/C5H8OS/c1-4(6)5(2)3-7-5/h3H2,1-2H3. The lowest BCUT2D eigenvalue weighted by atomic mass is 10.1. The highest BCUT2D eigenvalue weighted by atomic mass is 32.2. The molecule has 7 heavy (non-hydrogen) atoms. The fourth-order valence-corrected chi connectivity index (χ4v) is 0.935. The van der Waals surface area contributed by atoms with E-state index in [1.165, 1.54) is 0 Å². The molecule has 0 spiro atoms. The molecule has 1 nitrogen and oxygen atoms in total. The van der Waals surface area contributed by atoms with E-state index in [0.717, 1.165) is 5.75 Å². The highest BCUT2D eigenvalue weighted by molar-refractivity contribution is 8.08. The van der Waals surface area contributed by atoms with Crippen molar-refractivity contribution in [1.82, 2.24) is 0 Å². The van der Waals surface area contributed by atoms with E-state index in [1.807, 2.05) is 6.92 Å². The summed E-state index contributed by atoms with van der Waals surface area (Å²) in [4.78, 5) is 10.5. The van der Waals surface area contributed by atoms with Crippen molar-refractivity contribution >= 4 is 17.5 Å². The summed E-state index contributed by atoms with van der Waals surface area (Å²) in [6.07, 6.45) is 0. The topological polar surface area (TPSA) is 17.1 Å². The molecule has 1 saturated heterocycles. The van der Waals surface area contributed by atoms with Gasteiger partial charge in [-0.1, -0.05) is 0 Å². The number of Topliss-reactive ketones (excluding diaryl/α,β-unsaturated/α-hetero) is 1. The fraction of sp³-hybridized carbons (Fsp3) is 0.800. The number of hydrogen-bond acceptors (Lipinski definition) is 2. The van der Waals surface area contributed by atoms with Crippen LogP contribution in [0.3, 0.4) is 0 Å². The molecule has 1 fully saturated rings. The summed E-state index contributed by atoms with van der Waals surface area (Å²) in [5.41, 5.74) is 0. The monoisotopic (exact) mass is 116 g/mol. The van der Waals surface area contributed by atoms with Crippen LogP contribution in [0.2, 0.25) is 0 Å². The minimum absolute atomic E-state index is 0.0278. The Hall–Kier alpha value is 0.0200. The number of ketones is 1. The van der Waals surface area contributed by atoms with Crippen molar-refractivity contribution in [1.29, 1.82) is 0 Å². The van der Waals surface area contributed by atoms with Crippen molar-refractivity contribution in [3.63, 3.8) is 0 Å². The Morgan fingerprint density at radius 2 is 2.29 bits per heavy atom. The van der Waals surface area contributed by atoms with Crippen molar-refractivity contribution in [2.45, 2.75) is 18.6 Å². The van der Waals surface area contributed by atoms with Crippen LogP contribution in [0.4, 0.5) is 0 Å². The van der Waals surface area contributed by atoms with Gasteiger partial charge in [0.1, 0.15) is 5.78 Å². The van der Waals surface area contributed by atoms with Crippen LogP contribution < -0.4 is 0 Å². The number of hydrogen-bond donors (Lipinski definition) is 0. The van der Waals surface area contributed by atoms with Crippen LogP contribution in [-0.2, 0) is 4.79 Å². The lowest BCUT2D eigenvalue weighted by Crippen LogP contribution is -2.13. The molecule has 1 heterocycles. The van der Waals surface area contributed by atoms with Crippen LogP contribution >= 0.6 is 11.8 Å². The second-order valence-electron chi connectivity index (χ2n) is 2.08. The lowest BCUT2D eigenvalue weighted by molar-refractivity contribution is -0.117. The molecule has 0 N–H and O–H groups in total. The van der Waals surface area contributed by atoms with Crippen LogP contribution in [0, 0.1) is 0 Å². The van der Waals surface area contributed by atoms with Crippen LogP contribution in [0.1, 0.15) is 13.8 Å². The van der Waals surface area contributed by atoms with Crippen molar-refractivity contribution in [2.75, 3.05) is 5.75 Å². The number of carbonyl (C=O) groups excluding carboxylic acids is 1. The highest BCUT2D eigenvalue weighted by Crippen LogP contribution is 2.44. The molecule has 1 atom stereocenters. The number of rotatable bonds is 1. The molecule has 2 heteroatoms. The Kier molecular flexibility index (Phi) is 0.921. The van der Waals surface area contributed by atoms with Crippen molar-refractivity contribution in [2.24, 2.45) is 0 Å². The largest absolute Gasteiger partial charge is 0.298 e. The smallest absolute Gasteiger partial charge is 0.146 e. The van der Waals surface area contributed by atoms with Crippen LogP contribution in [-0.4, -0.2) is 16.3 Å². The lowest BCUT2D eigenvalue weighted by Gasteiger charge is -1.94. The molecule has 1 aliphatic heterocycles. The molecule has 0 aromatic rings. The van der Waals surface area contributed by atoms with Gasteiger partial charge in [0.05, 0.1) is 4.75 Å². The van der Waals surface area contributed by atoms with E-state index in [4.69, 9.17) is 0 Å². The summed E-state index contributed by atoms with van der Waals surface area (Å²) in [5, 5.41) is 0. The molecule has 0 bridgehead atoms. The second-order valence-corrected chi connectivity index (χ2v) is 3.55. The Bertz CT molecular complexity index is 105. The van der Waals surface area contributed by atoms with Gasteiger partial charge in [-0.25, -0.2) is 0 Å². The van der Waals surface area contributed by atoms with Gasteiger partial charge >= 0.3 is 0 Å². The Balaban J connectivity index is 2.55. The minimum atomic E-state index is 0.0278. The van der Waals surface area contributed by atoms with Crippen molar-refractivity contribution in [3.05, 3.63) is 0 Å². The predicted octanol–water partition coefficient (Wildman–Crippen LogP) is 1.08. The van der Waals surface area contributed by atoms with E-state index < -0.39 is 0 Å². The Morgan fingerprint density at radius 3 is 2.29 bits per heavy atom. The predicted molar refractivity (Wildman–Crippen MR) is 31.5 cm³/mol. The van der Waals surface area contributed by atoms with E-state index >= 15 is 0 Å². The van der Waals surface area contributed by atoms with Gasteiger partial charge < -0.3 is 0 Å². The zero-order chi connectivity index (χ0) is 5.49. The zero-order valence-electron chi connectivity index (χ0n) is 4.52. The van der Waals surface area contributed by atoms with E-state index in [1.54, 1.807) is 18.7 Å². The zero-order valence-corrected chi connectivity index (χ0v) is 5.34. The molecule has 40 valence electrons. The van der Waals surface area contributed by atoms with Gasteiger partial charge in [0.25, 0.3) is 0 Å². The van der Waals surface area contributed by atoms with Crippen LogP contribution in [0.25, 0.3) is 0 Å². The average Bonchev–Trinajstić information content (AvgIpc) is 2.21. The minimum Gasteiger partial charge on any atom is -0.298 e. The first-order chi connectivity index (χ1) is 3.15. The second kappa shape index (κ2) is 1.25. The van der Waals surface area contributed by atoms with E-state index in [2.05, 4.69) is 0 Å². The van der Waals surface area contributed by atoms with Gasteiger partial charge in [-0.15, -0.1) is 11.8 Å². The first-order valence-corrected chi connectivity index (χ1v) is 3.29. The van der Waals surface area contributed by atoms with Gasteiger partial charge in [-0.05, 0) is 13.8 Å². The normalized spacial score (nSPS) is 38.0. The molecule has 0 radical (unpaired) electrons. The molecule has 1 rings (SSSR count). The van der Waals surface area contributed by atoms with Gasteiger partial charge in [0.15, 0.2) is 0 Å².